The number of nitrogens with zero attached hydrogens (tertiary/aromatic N) is 1. The number of hydrogen-bond donors (Lipinski definition) is 3. The molecule has 0 atom stereocenters. The van der Waals surface area contributed by atoms with Crippen LogP contribution in [-0.2, 0) is 16.6 Å². The van der Waals surface area contributed by atoms with Gasteiger partial charge in [0.25, 0.3) is 15.9 Å². The van der Waals surface area contributed by atoms with Gasteiger partial charge in [-0.15, -0.1) is 0 Å². The molecule has 0 saturated carbocycles. The summed E-state index contributed by atoms with van der Waals surface area (Å²) < 4.78 is 32.8. The van der Waals surface area contributed by atoms with Gasteiger partial charge in [0.15, 0.2) is 0 Å². The van der Waals surface area contributed by atoms with E-state index in [1.807, 2.05) is 30.3 Å². The Balaban J connectivity index is 1.36. The maximum absolute atomic E-state index is 12.6. The maximum Gasteiger partial charge on any atom is 0.261 e. The number of aromatic amines is 1. The first-order chi connectivity index (χ1) is 15.9. The van der Waals surface area contributed by atoms with Crippen molar-refractivity contribution in [3.8, 4) is 17.0 Å². The van der Waals surface area contributed by atoms with Crippen LogP contribution in [0.25, 0.3) is 11.3 Å². The summed E-state index contributed by atoms with van der Waals surface area (Å²) in [5, 5.41) is 9.68. The van der Waals surface area contributed by atoms with Crippen LogP contribution in [0.1, 0.15) is 15.9 Å². The first kappa shape index (κ1) is 22.1. The summed E-state index contributed by atoms with van der Waals surface area (Å²) >= 11 is 0. The molecule has 8 nitrogen and oxygen atoms in total. The third kappa shape index (κ3) is 5.39. The second kappa shape index (κ2) is 9.58. The molecule has 0 spiro atoms. The normalized spacial score (nSPS) is 11.1. The summed E-state index contributed by atoms with van der Waals surface area (Å²) in [7, 11) is -2.25. The summed E-state index contributed by atoms with van der Waals surface area (Å²) in [5.74, 6) is 0.335. The summed E-state index contributed by atoms with van der Waals surface area (Å²) in [6.45, 7) is 0.348. The quantitative estimate of drug-likeness (QED) is 0.368. The second-order valence-electron chi connectivity index (χ2n) is 7.21. The number of ether oxygens (including phenoxy) is 1. The number of H-pyrrole nitrogens is 1. The summed E-state index contributed by atoms with van der Waals surface area (Å²) in [5.41, 5.74) is 3.64. The number of sulfonamides is 1. The van der Waals surface area contributed by atoms with Crippen molar-refractivity contribution in [1.29, 1.82) is 0 Å². The first-order valence-electron chi connectivity index (χ1n) is 10.1. The maximum atomic E-state index is 12.6. The minimum atomic E-state index is -3.78. The zero-order valence-corrected chi connectivity index (χ0v) is 18.6. The first-order valence-corrected chi connectivity index (χ1v) is 11.6. The number of carbonyl (C=O) groups excluding carboxylic acids is 1. The van der Waals surface area contributed by atoms with Crippen molar-refractivity contribution < 1.29 is 17.9 Å². The molecule has 0 radical (unpaired) electrons. The lowest BCUT2D eigenvalue weighted by Crippen LogP contribution is -2.23. The van der Waals surface area contributed by atoms with Gasteiger partial charge in [-0.05, 0) is 65.7 Å². The van der Waals surface area contributed by atoms with Crippen LogP contribution in [-0.4, -0.2) is 31.6 Å². The Labute approximate surface area is 191 Å². The Bertz CT molecular complexity index is 1320. The third-order valence-electron chi connectivity index (χ3n) is 4.99. The SMILES string of the molecule is COc1ccc(NS(=O)(=O)c2ccc(C(=O)NCc3ccc(-c4ccn[nH]4)cc3)cc2)cc1. The smallest absolute Gasteiger partial charge is 0.261 e. The molecule has 0 saturated heterocycles. The number of aromatic nitrogens is 2. The third-order valence-corrected chi connectivity index (χ3v) is 6.38. The summed E-state index contributed by atoms with van der Waals surface area (Å²) in [6, 6.07) is 22.0. The molecule has 9 heteroatoms. The van der Waals surface area contributed by atoms with E-state index in [2.05, 4.69) is 20.2 Å². The highest BCUT2D eigenvalue weighted by molar-refractivity contribution is 7.92. The Morgan fingerprint density at radius 1 is 0.939 bits per heavy atom. The number of nitrogens with one attached hydrogen (secondary N) is 3. The number of anilines is 1. The van der Waals surface area contributed by atoms with Crippen molar-refractivity contribution >= 4 is 21.6 Å². The average Bonchev–Trinajstić information content (AvgIpc) is 3.38. The van der Waals surface area contributed by atoms with Gasteiger partial charge in [0.2, 0.25) is 0 Å². The molecule has 4 rings (SSSR count). The molecule has 0 aliphatic carbocycles. The molecule has 3 aromatic carbocycles. The Morgan fingerprint density at radius 3 is 2.24 bits per heavy atom. The predicted octanol–water partition coefficient (Wildman–Crippen LogP) is 3.82. The van der Waals surface area contributed by atoms with Crippen LogP contribution in [0.15, 0.2) is 90.0 Å². The molecule has 4 aromatic rings. The lowest BCUT2D eigenvalue weighted by molar-refractivity contribution is 0.0951. The molecule has 168 valence electrons. The summed E-state index contributed by atoms with van der Waals surface area (Å²) in [4.78, 5) is 12.5. The highest BCUT2D eigenvalue weighted by atomic mass is 32.2. The van der Waals surface area contributed by atoms with Crippen LogP contribution in [0.3, 0.4) is 0 Å². The lowest BCUT2D eigenvalue weighted by Gasteiger charge is -2.10. The van der Waals surface area contributed by atoms with Gasteiger partial charge in [0.1, 0.15) is 5.75 Å². The number of methoxy groups -OCH3 is 1. The topological polar surface area (TPSA) is 113 Å². The molecule has 33 heavy (non-hydrogen) atoms. The van der Waals surface area contributed by atoms with E-state index >= 15 is 0 Å². The fourth-order valence-electron chi connectivity index (χ4n) is 3.16. The number of hydrogen-bond acceptors (Lipinski definition) is 5. The molecular formula is C24H22N4O4S. The molecule has 0 fully saturated rings. The van der Waals surface area contributed by atoms with Gasteiger partial charge < -0.3 is 10.1 Å². The monoisotopic (exact) mass is 462 g/mol. The molecule has 1 aromatic heterocycles. The number of benzene rings is 3. The van der Waals surface area contributed by atoms with E-state index in [4.69, 9.17) is 4.74 Å². The fraction of sp³-hybridized carbons (Fsp3) is 0.0833. The molecule has 0 unspecified atom stereocenters. The predicted molar refractivity (Wildman–Crippen MR) is 125 cm³/mol. The minimum absolute atomic E-state index is 0.0595. The summed E-state index contributed by atoms with van der Waals surface area (Å²) in [6.07, 6.45) is 1.69. The van der Waals surface area contributed by atoms with Crippen LogP contribution in [0.2, 0.25) is 0 Å². The standard InChI is InChI=1S/C24H22N4O4S/c1-32-21-10-8-20(9-11-21)28-33(30,31)22-12-6-19(7-13-22)24(29)25-16-17-2-4-18(5-3-17)23-14-15-26-27-23/h2-15,28H,16H2,1H3,(H,25,29)(H,26,27). The highest BCUT2D eigenvalue weighted by Crippen LogP contribution is 2.20. The average molecular weight is 463 g/mol. The van der Waals surface area contributed by atoms with Gasteiger partial charge in [-0.2, -0.15) is 5.10 Å². The van der Waals surface area contributed by atoms with E-state index < -0.39 is 10.0 Å². The molecule has 1 amide bonds. The van der Waals surface area contributed by atoms with Crippen molar-refractivity contribution in [3.63, 3.8) is 0 Å². The van der Waals surface area contributed by atoms with Crippen LogP contribution in [0.4, 0.5) is 5.69 Å². The number of amides is 1. The van der Waals surface area contributed by atoms with Crippen LogP contribution in [0, 0.1) is 0 Å². The van der Waals surface area contributed by atoms with Crippen molar-refractivity contribution in [2.24, 2.45) is 0 Å². The van der Waals surface area contributed by atoms with E-state index in [-0.39, 0.29) is 10.8 Å². The Hall–Kier alpha value is -4.11. The van der Waals surface area contributed by atoms with Crippen LogP contribution in [0.5, 0.6) is 5.75 Å². The van der Waals surface area contributed by atoms with E-state index in [0.717, 1.165) is 16.8 Å². The van der Waals surface area contributed by atoms with Crippen molar-refractivity contribution in [3.05, 3.63) is 96.2 Å². The Morgan fingerprint density at radius 2 is 1.64 bits per heavy atom. The van der Waals surface area contributed by atoms with E-state index in [0.29, 0.717) is 23.5 Å². The fourth-order valence-corrected chi connectivity index (χ4v) is 4.22. The van der Waals surface area contributed by atoms with Gasteiger partial charge in [0, 0.05) is 24.0 Å². The van der Waals surface area contributed by atoms with Gasteiger partial charge in [-0.3, -0.25) is 14.6 Å². The van der Waals surface area contributed by atoms with Gasteiger partial charge in [-0.25, -0.2) is 8.42 Å². The van der Waals surface area contributed by atoms with E-state index in [1.54, 1.807) is 30.5 Å². The van der Waals surface area contributed by atoms with Gasteiger partial charge in [0.05, 0.1) is 17.7 Å². The largest absolute Gasteiger partial charge is 0.497 e. The zero-order valence-electron chi connectivity index (χ0n) is 17.8. The van der Waals surface area contributed by atoms with E-state index in [9.17, 15) is 13.2 Å². The van der Waals surface area contributed by atoms with Crippen LogP contribution >= 0.6 is 0 Å². The van der Waals surface area contributed by atoms with Crippen molar-refractivity contribution in [2.45, 2.75) is 11.4 Å². The van der Waals surface area contributed by atoms with Gasteiger partial charge in [-0.1, -0.05) is 24.3 Å². The van der Waals surface area contributed by atoms with Crippen molar-refractivity contribution in [1.82, 2.24) is 15.5 Å². The van der Waals surface area contributed by atoms with Crippen LogP contribution < -0.4 is 14.8 Å². The Kier molecular flexibility index (Phi) is 6.41. The number of carbonyl (C=O) groups is 1. The van der Waals surface area contributed by atoms with Crippen molar-refractivity contribution in [2.75, 3.05) is 11.8 Å². The zero-order chi connectivity index (χ0) is 23.3. The molecule has 0 aliphatic heterocycles. The molecular weight excluding hydrogens is 440 g/mol. The molecule has 0 aliphatic rings. The van der Waals surface area contributed by atoms with Gasteiger partial charge >= 0.3 is 0 Å². The minimum Gasteiger partial charge on any atom is -0.497 e. The molecule has 3 N–H and O–H groups in total. The lowest BCUT2D eigenvalue weighted by atomic mass is 10.1. The van der Waals surface area contributed by atoms with E-state index in [1.165, 1.54) is 31.4 Å². The highest BCUT2D eigenvalue weighted by Gasteiger charge is 2.15. The molecule has 1 heterocycles. The molecule has 0 bridgehead atoms. The second-order valence-corrected chi connectivity index (χ2v) is 8.89. The number of rotatable bonds is 8.